The number of fused-ring (bicyclic) bond motifs is 1. The average molecular weight is 579 g/mol. The van der Waals surface area contributed by atoms with Gasteiger partial charge in [-0.3, -0.25) is 4.79 Å². The van der Waals surface area contributed by atoms with Crippen LogP contribution < -0.4 is 19.5 Å². The van der Waals surface area contributed by atoms with Gasteiger partial charge in [-0.25, -0.2) is 9.37 Å². The highest BCUT2D eigenvalue weighted by atomic mass is 32.1. The van der Waals surface area contributed by atoms with Crippen molar-refractivity contribution in [3.05, 3.63) is 41.7 Å². The molecular formula is C29H39FN2O5S2. The fourth-order valence-corrected chi connectivity index (χ4v) is 4.48. The molecule has 0 amide bonds. The first-order chi connectivity index (χ1) is 17.9. The molecule has 0 unspecified atom stereocenters. The molecule has 0 aliphatic rings. The maximum atomic E-state index is 13.5. The Bertz CT molecular complexity index is 1280. The Morgan fingerprint density at radius 1 is 0.949 bits per heavy atom. The van der Waals surface area contributed by atoms with Crippen molar-refractivity contribution in [3.8, 4) is 16.7 Å². The molecular weight excluding hydrogens is 539 g/mol. The molecule has 0 aliphatic carbocycles. The summed E-state index contributed by atoms with van der Waals surface area (Å²) >= 11 is 6.40. The number of hydrogen-bond acceptors (Lipinski definition) is 8. The molecule has 0 saturated heterocycles. The highest BCUT2D eigenvalue weighted by molar-refractivity contribution is 7.80. The number of nitrogens with one attached hydrogen (secondary N) is 1. The van der Waals surface area contributed by atoms with Gasteiger partial charge in [0.15, 0.2) is 6.29 Å². The molecule has 3 aromatic rings. The normalized spacial score (nSPS) is 11.6. The smallest absolute Gasteiger partial charge is 0.274 e. The molecule has 0 aliphatic heterocycles. The number of hydrogen-bond donors (Lipinski definition) is 1. The van der Waals surface area contributed by atoms with E-state index in [4.69, 9.17) is 31.2 Å². The molecule has 3 rings (SSSR count). The fraction of sp³-hybridized carbons (Fsp3) is 0.483. The number of carbonyl (C=O) groups is 1. The Balaban J connectivity index is 0.000000274. The third-order valence-corrected chi connectivity index (χ3v) is 5.45. The number of carbonyl (C=O) groups excluding carboxylic acids is 1. The number of thiocarbonyl (C=S) groups is 1. The van der Waals surface area contributed by atoms with Crippen molar-refractivity contribution < 1.29 is 28.1 Å². The molecule has 10 heteroatoms. The number of nitrogens with zero attached hydrogens (tertiary/aromatic N) is 1. The maximum absolute atomic E-state index is 13.5. The molecule has 0 spiro atoms. The lowest BCUT2D eigenvalue weighted by molar-refractivity contribution is 0.111. The average Bonchev–Trinajstić information content (AvgIpc) is 3.11. The topological polar surface area (TPSA) is 78.9 Å². The van der Waals surface area contributed by atoms with E-state index in [2.05, 4.69) is 10.3 Å². The number of anilines is 1. The second-order valence-corrected chi connectivity index (χ2v) is 12.6. The van der Waals surface area contributed by atoms with Gasteiger partial charge >= 0.3 is 0 Å². The predicted molar refractivity (Wildman–Crippen MR) is 160 cm³/mol. The van der Waals surface area contributed by atoms with Gasteiger partial charge in [0.05, 0.1) is 22.4 Å². The first kappa shape index (κ1) is 32.2. The summed E-state index contributed by atoms with van der Waals surface area (Å²) in [5.41, 5.74) is 1.11. The van der Waals surface area contributed by atoms with Crippen LogP contribution >= 0.6 is 23.6 Å². The summed E-state index contributed by atoms with van der Waals surface area (Å²) in [5.74, 6) is 0.701. The lowest BCUT2D eigenvalue weighted by atomic mass is 10.1. The Labute approximate surface area is 240 Å². The molecule has 1 aromatic heterocycles. The van der Waals surface area contributed by atoms with Gasteiger partial charge < -0.3 is 24.3 Å². The number of thiazole rings is 1. The van der Waals surface area contributed by atoms with Crippen LogP contribution in [0.5, 0.6) is 16.7 Å². The van der Waals surface area contributed by atoms with Crippen LogP contribution in [0.25, 0.3) is 10.2 Å². The van der Waals surface area contributed by atoms with Gasteiger partial charge in [-0.2, -0.15) is 0 Å². The molecule has 0 atom stereocenters. The van der Waals surface area contributed by atoms with Crippen molar-refractivity contribution in [1.29, 1.82) is 0 Å². The highest BCUT2D eigenvalue weighted by Gasteiger charge is 2.17. The standard InChI is InChI=1S/C15H19NO3S.C14H20FNO2S/c1-9(2)18-14-16-12-7-11(19-15(3,4)5)6-10(8-17)13(12)20-14;1-9(2)17-13(19)16-11-6-10(15)7-12(8-11)18-14(3,4)5/h6-9H,1-5H3;6-9H,1-5H3,(H,16,19). The van der Waals surface area contributed by atoms with Crippen molar-refractivity contribution in [2.45, 2.75) is 92.6 Å². The number of aromatic nitrogens is 1. The number of ether oxygens (including phenoxy) is 4. The molecule has 0 bridgehead atoms. The minimum atomic E-state index is -0.392. The predicted octanol–water partition coefficient (Wildman–Crippen LogP) is 8.20. The lowest BCUT2D eigenvalue weighted by Crippen LogP contribution is -2.23. The van der Waals surface area contributed by atoms with Gasteiger partial charge in [-0.05, 0) is 93.6 Å². The van der Waals surface area contributed by atoms with Crippen molar-refractivity contribution in [2.24, 2.45) is 0 Å². The molecule has 39 heavy (non-hydrogen) atoms. The van der Waals surface area contributed by atoms with Crippen LogP contribution in [0.4, 0.5) is 10.1 Å². The molecule has 2 aromatic carbocycles. The maximum Gasteiger partial charge on any atom is 0.274 e. The number of rotatable bonds is 7. The van der Waals surface area contributed by atoms with Crippen molar-refractivity contribution >= 4 is 50.9 Å². The van der Waals surface area contributed by atoms with Crippen LogP contribution in [0.15, 0.2) is 30.3 Å². The third-order valence-electron chi connectivity index (χ3n) is 4.24. The molecule has 0 saturated carbocycles. The lowest BCUT2D eigenvalue weighted by Gasteiger charge is -2.22. The van der Waals surface area contributed by atoms with Gasteiger partial charge in [0.2, 0.25) is 0 Å². The van der Waals surface area contributed by atoms with Gasteiger partial charge in [0.1, 0.15) is 28.5 Å². The zero-order chi connectivity index (χ0) is 29.5. The van der Waals surface area contributed by atoms with E-state index < -0.39 is 5.82 Å². The molecule has 1 N–H and O–H groups in total. The summed E-state index contributed by atoms with van der Waals surface area (Å²) in [6, 6.07) is 7.95. The SMILES string of the molecule is CC(C)OC(=S)Nc1cc(F)cc(OC(C)(C)C)c1.CC(C)Oc1nc2cc(OC(C)(C)C)cc(C=O)c2s1. The van der Waals surface area contributed by atoms with E-state index in [1.807, 2.05) is 75.3 Å². The van der Waals surface area contributed by atoms with Crippen LogP contribution in [0.1, 0.15) is 79.6 Å². The van der Waals surface area contributed by atoms with Gasteiger partial charge in [-0.1, -0.05) is 11.3 Å². The Morgan fingerprint density at radius 3 is 2.05 bits per heavy atom. The van der Waals surface area contributed by atoms with E-state index in [1.54, 1.807) is 12.1 Å². The molecule has 1 heterocycles. The highest BCUT2D eigenvalue weighted by Crippen LogP contribution is 2.34. The second-order valence-electron chi connectivity index (χ2n) is 11.3. The van der Waals surface area contributed by atoms with Crippen molar-refractivity contribution in [1.82, 2.24) is 4.98 Å². The van der Waals surface area contributed by atoms with E-state index >= 15 is 0 Å². The van der Waals surface area contributed by atoms with E-state index in [0.717, 1.165) is 16.5 Å². The summed E-state index contributed by atoms with van der Waals surface area (Å²) in [5, 5.41) is 3.61. The minimum absolute atomic E-state index is 0.0288. The summed E-state index contributed by atoms with van der Waals surface area (Å²) in [7, 11) is 0. The second kappa shape index (κ2) is 13.4. The van der Waals surface area contributed by atoms with Crippen LogP contribution in [-0.2, 0) is 4.74 Å². The largest absolute Gasteiger partial charge is 0.488 e. The van der Waals surface area contributed by atoms with E-state index in [9.17, 15) is 9.18 Å². The van der Waals surface area contributed by atoms with Crippen LogP contribution in [-0.4, -0.2) is 39.9 Å². The number of aldehydes is 1. The monoisotopic (exact) mass is 578 g/mol. The van der Waals surface area contributed by atoms with Crippen LogP contribution in [0.3, 0.4) is 0 Å². The fourth-order valence-electron chi connectivity index (χ4n) is 3.17. The van der Waals surface area contributed by atoms with Crippen LogP contribution in [0.2, 0.25) is 0 Å². The summed E-state index contributed by atoms with van der Waals surface area (Å²) in [6.45, 7) is 19.2. The van der Waals surface area contributed by atoms with Crippen molar-refractivity contribution in [2.75, 3.05) is 5.32 Å². The van der Waals surface area contributed by atoms with Gasteiger partial charge in [0.25, 0.3) is 10.4 Å². The first-order valence-electron chi connectivity index (χ1n) is 12.7. The molecule has 214 valence electrons. The quantitative estimate of drug-likeness (QED) is 0.222. The zero-order valence-electron chi connectivity index (χ0n) is 24.3. The van der Waals surface area contributed by atoms with E-state index in [-0.39, 0.29) is 28.6 Å². The third kappa shape index (κ3) is 11.7. The van der Waals surface area contributed by atoms with Crippen LogP contribution in [0, 0.1) is 5.82 Å². The minimum Gasteiger partial charge on any atom is -0.488 e. The molecule has 0 radical (unpaired) electrons. The number of benzene rings is 2. The molecule has 7 nitrogen and oxygen atoms in total. The summed E-state index contributed by atoms with van der Waals surface area (Å²) in [6.07, 6.45) is 0.856. The summed E-state index contributed by atoms with van der Waals surface area (Å²) in [4.78, 5) is 15.7. The molecule has 0 fully saturated rings. The first-order valence-corrected chi connectivity index (χ1v) is 13.9. The Hall–Kier alpha value is -2.98. The Kier molecular flexibility index (Phi) is 11.1. The Morgan fingerprint density at radius 2 is 1.54 bits per heavy atom. The van der Waals surface area contributed by atoms with Gasteiger partial charge in [-0.15, -0.1) is 0 Å². The number of halogens is 1. The zero-order valence-corrected chi connectivity index (χ0v) is 25.9. The van der Waals surface area contributed by atoms with Gasteiger partial charge in [0, 0.05) is 29.4 Å². The van der Waals surface area contributed by atoms with E-state index in [1.165, 1.54) is 23.5 Å². The van der Waals surface area contributed by atoms with Crippen molar-refractivity contribution in [3.63, 3.8) is 0 Å². The summed E-state index contributed by atoms with van der Waals surface area (Å²) < 4.78 is 36.7. The van der Waals surface area contributed by atoms with E-state index in [0.29, 0.717) is 27.9 Å².